The standard InChI is InChI=1S/C26H24N2O2/c1-15-27-25-21(29-15)13-11-17-7-3-5-9-19(17)23(25)24-20-10-6-4-8-18(20)12-14-22-26(24)28-16(2)30-22/h3-10,23-24H,11-14H2,1-2H3/t23-,24-/m0/s1. The first kappa shape index (κ1) is 17.7. The third-order valence-corrected chi connectivity index (χ3v) is 6.61. The molecule has 0 unspecified atom stereocenters. The molecule has 2 aromatic heterocycles. The highest BCUT2D eigenvalue weighted by atomic mass is 16.4. The molecule has 2 aromatic carbocycles. The van der Waals surface area contributed by atoms with Crippen molar-refractivity contribution in [2.75, 3.05) is 0 Å². The quantitative estimate of drug-likeness (QED) is 0.430. The van der Waals surface area contributed by atoms with Crippen LogP contribution in [0.25, 0.3) is 0 Å². The molecule has 0 N–H and O–H groups in total. The Balaban J connectivity index is 1.67. The molecule has 4 heteroatoms. The van der Waals surface area contributed by atoms with Crippen LogP contribution < -0.4 is 0 Å². The lowest BCUT2D eigenvalue weighted by Gasteiger charge is -2.27. The summed E-state index contributed by atoms with van der Waals surface area (Å²) in [5, 5.41) is 0. The Bertz CT molecular complexity index is 1150. The van der Waals surface area contributed by atoms with Crippen LogP contribution in [0, 0.1) is 13.8 Å². The summed E-state index contributed by atoms with van der Waals surface area (Å²) in [5.74, 6) is 3.61. The summed E-state index contributed by atoms with van der Waals surface area (Å²) in [5.41, 5.74) is 7.53. The van der Waals surface area contributed by atoms with E-state index in [0.717, 1.165) is 60.4 Å². The number of nitrogens with zero attached hydrogens (tertiary/aromatic N) is 2. The molecule has 0 aliphatic heterocycles. The molecule has 2 aliphatic rings. The van der Waals surface area contributed by atoms with Gasteiger partial charge in [-0.2, -0.15) is 0 Å². The fourth-order valence-electron chi connectivity index (χ4n) is 5.41. The van der Waals surface area contributed by atoms with E-state index in [1.54, 1.807) is 0 Å². The van der Waals surface area contributed by atoms with E-state index in [0.29, 0.717) is 0 Å². The van der Waals surface area contributed by atoms with Gasteiger partial charge in [-0.15, -0.1) is 0 Å². The third-order valence-electron chi connectivity index (χ3n) is 6.61. The van der Waals surface area contributed by atoms with E-state index >= 15 is 0 Å². The van der Waals surface area contributed by atoms with Crippen molar-refractivity contribution in [1.82, 2.24) is 9.97 Å². The minimum Gasteiger partial charge on any atom is -0.446 e. The zero-order valence-electron chi connectivity index (χ0n) is 17.3. The average molecular weight is 396 g/mol. The Labute approximate surface area is 176 Å². The fourth-order valence-corrected chi connectivity index (χ4v) is 5.41. The summed E-state index contributed by atoms with van der Waals surface area (Å²) >= 11 is 0. The molecule has 150 valence electrons. The molecule has 0 saturated carbocycles. The van der Waals surface area contributed by atoms with Gasteiger partial charge in [0.05, 0.1) is 11.4 Å². The van der Waals surface area contributed by atoms with Crippen LogP contribution in [0.2, 0.25) is 0 Å². The minimum absolute atomic E-state index is 0.0543. The number of fused-ring (bicyclic) bond motifs is 4. The second-order valence-corrected chi connectivity index (χ2v) is 8.44. The average Bonchev–Trinajstić information content (AvgIpc) is 3.22. The highest BCUT2D eigenvalue weighted by Crippen LogP contribution is 2.49. The molecule has 2 atom stereocenters. The van der Waals surface area contributed by atoms with Crippen molar-refractivity contribution in [2.45, 2.75) is 51.4 Å². The van der Waals surface area contributed by atoms with Crippen LogP contribution in [-0.4, -0.2) is 9.97 Å². The lowest BCUT2D eigenvalue weighted by molar-refractivity contribution is 0.470. The normalized spacial score (nSPS) is 19.8. The molecule has 0 spiro atoms. The molecule has 30 heavy (non-hydrogen) atoms. The van der Waals surface area contributed by atoms with Gasteiger partial charge in [0, 0.05) is 38.5 Å². The first-order chi connectivity index (χ1) is 14.7. The van der Waals surface area contributed by atoms with Gasteiger partial charge in [0.15, 0.2) is 11.8 Å². The smallest absolute Gasteiger partial charge is 0.191 e. The van der Waals surface area contributed by atoms with Gasteiger partial charge >= 0.3 is 0 Å². The number of oxazole rings is 2. The van der Waals surface area contributed by atoms with Gasteiger partial charge in [-0.05, 0) is 35.1 Å². The van der Waals surface area contributed by atoms with Gasteiger partial charge in [0.2, 0.25) is 0 Å². The lowest BCUT2D eigenvalue weighted by Crippen LogP contribution is -2.18. The Kier molecular flexibility index (Phi) is 3.95. The van der Waals surface area contributed by atoms with E-state index in [-0.39, 0.29) is 11.8 Å². The maximum Gasteiger partial charge on any atom is 0.191 e. The van der Waals surface area contributed by atoms with Gasteiger partial charge in [-0.25, -0.2) is 9.97 Å². The molecule has 2 heterocycles. The largest absolute Gasteiger partial charge is 0.446 e. The molecule has 0 saturated heterocycles. The molecule has 2 aliphatic carbocycles. The van der Waals surface area contributed by atoms with Crippen molar-refractivity contribution >= 4 is 0 Å². The first-order valence-electron chi connectivity index (χ1n) is 10.8. The van der Waals surface area contributed by atoms with E-state index in [2.05, 4.69) is 48.5 Å². The van der Waals surface area contributed by atoms with E-state index in [9.17, 15) is 0 Å². The summed E-state index contributed by atoms with van der Waals surface area (Å²) < 4.78 is 12.2. The summed E-state index contributed by atoms with van der Waals surface area (Å²) in [7, 11) is 0. The molecular formula is C26H24N2O2. The Morgan fingerprint density at radius 2 is 1.07 bits per heavy atom. The SMILES string of the molecule is Cc1nc2c(o1)CCc1ccccc1[C@H]2[C@@H]1c2ccccc2CCc2oc(C)nc21. The van der Waals surface area contributed by atoms with Crippen LogP contribution in [0.3, 0.4) is 0 Å². The fraction of sp³-hybridized carbons (Fsp3) is 0.308. The van der Waals surface area contributed by atoms with Crippen LogP contribution in [0.4, 0.5) is 0 Å². The molecular weight excluding hydrogens is 372 g/mol. The predicted octanol–water partition coefficient (Wildman–Crippen LogP) is 5.44. The summed E-state index contributed by atoms with van der Waals surface area (Å²) in [4.78, 5) is 9.85. The van der Waals surface area contributed by atoms with E-state index in [1.807, 2.05) is 13.8 Å². The van der Waals surface area contributed by atoms with E-state index in [4.69, 9.17) is 18.8 Å². The zero-order valence-corrected chi connectivity index (χ0v) is 17.3. The third kappa shape index (κ3) is 2.67. The number of aryl methyl sites for hydroxylation is 6. The van der Waals surface area contributed by atoms with Crippen molar-refractivity contribution < 1.29 is 8.83 Å². The zero-order chi connectivity index (χ0) is 20.2. The maximum absolute atomic E-state index is 6.10. The Morgan fingerprint density at radius 3 is 1.53 bits per heavy atom. The van der Waals surface area contributed by atoms with Crippen LogP contribution in [0.1, 0.15) is 68.8 Å². The molecule has 4 aromatic rings. The maximum atomic E-state index is 6.10. The highest BCUT2D eigenvalue weighted by molar-refractivity contribution is 5.50. The predicted molar refractivity (Wildman–Crippen MR) is 114 cm³/mol. The molecule has 0 fully saturated rings. The van der Waals surface area contributed by atoms with Gasteiger partial charge in [-0.1, -0.05) is 48.5 Å². The molecule has 6 rings (SSSR count). The summed E-state index contributed by atoms with van der Waals surface area (Å²) in [6.45, 7) is 3.90. The van der Waals surface area contributed by atoms with E-state index in [1.165, 1.54) is 22.3 Å². The number of rotatable bonds is 1. The Hall–Kier alpha value is -3.14. The first-order valence-corrected chi connectivity index (χ1v) is 10.8. The van der Waals surface area contributed by atoms with Crippen molar-refractivity contribution in [1.29, 1.82) is 0 Å². The van der Waals surface area contributed by atoms with Gasteiger partial charge in [-0.3, -0.25) is 0 Å². The minimum atomic E-state index is 0.0543. The monoisotopic (exact) mass is 396 g/mol. The second kappa shape index (κ2) is 6.69. The van der Waals surface area contributed by atoms with Crippen LogP contribution in [-0.2, 0) is 25.7 Å². The topological polar surface area (TPSA) is 52.1 Å². The van der Waals surface area contributed by atoms with Gasteiger partial charge in [0.25, 0.3) is 0 Å². The molecule has 0 bridgehead atoms. The lowest BCUT2D eigenvalue weighted by atomic mass is 9.75. The van der Waals surface area contributed by atoms with E-state index < -0.39 is 0 Å². The van der Waals surface area contributed by atoms with Crippen LogP contribution in [0.5, 0.6) is 0 Å². The highest BCUT2D eigenvalue weighted by Gasteiger charge is 2.40. The molecule has 4 nitrogen and oxygen atoms in total. The Morgan fingerprint density at radius 1 is 0.633 bits per heavy atom. The molecule has 0 amide bonds. The number of aromatic nitrogens is 2. The number of hydrogen-bond acceptors (Lipinski definition) is 4. The molecule has 0 radical (unpaired) electrons. The van der Waals surface area contributed by atoms with Crippen LogP contribution in [0.15, 0.2) is 57.4 Å². The van der Waals surface area contributed by atoms with Crippen molar-refractivity contribution in [3.63, 3.8) is 0 Å². The van der Waals surface area contributed by atoms with Gasteiger partial charge in [0.1, 0.15) is 11.5 Å². The van der Waals surface area contributed by atoms with Gasteiger partial charge < -0.3 is 8.83 Å². The van der Waals surface area contributed by atoms with Crippen molar-refractivity contribution in [3.8, 4) is 0 Å². The summed E-state index contributed by atoms with van der Waals surface area (Å²) in [6.07, 6.45) is 3.69. The summed E-state index contributed by atoms with van der Waals surface area (Å²) in [6, 6.07) is 17.6. The second-order valence-electron chi connectivity index (χ2n) is 8.44. The van der Waals surface area contributed by atoms with Crippen LogP contribution >= 0.6 is 0 Å². The number of hydrogen-bond donors (Lipinski definition) is 0. The van der Waals surface area contributed by atoms with Crippen molar-refractivity contribution in [2.24, 2.45) is 0 Å². The number of benzene rings is 2. The van der Waals surface area contributed by atoms with Crippen molar-refractivity contribution in [3.05, 3.63) is 105 Å².